The first-order valence-corrected chi connectivity index (χ1v) is 6.44. The molecule has 7 heteroatoms. The molecule has 98 valence electrons. The molecule has 0 saturated carbocycles. The molecule has 6 nitrogen and oxygen atoms in total. The zero-order chi connectivity index (χ0) is 13.0. The third kappa shape index (κ3) is 3.06. The number of nitrogens with zero attached hydrogens (tertiary/aromatic N) is 2. The molecular weight excluding hydrogens is 254 g/mol. The average Bonchev–Trinajstić information content (AvgIpc) is 2.85. The fraction of sp³-hybridized carbons (Fsp3) is 0.455. The van der Waals surface area contributed by atoms with Gasteiger partial charge in [-0.2, -0.15) is 0 Å². The fourth-order valence-corrected chi connectivity index (χ4v) is 2.32. The van der Waals surface area contributed by atoms with Crippen LogP contribution in [0.5, 0.6) is 0 Å². The van der Waals surface area contributed by atoms with Gasteiger partial charge in [0.05, 0.1) is 19.8 Å². The van der Waals surface area contributed by atoms with Gasteiger partial charge in [-0.15, -0.1) is 11.3 Å². The number of rotatable bonds is 6. The highest BCUT2D eigenvalue weighted by Gasteiger charge is 2.11. The Labute approximate surface area is 108 Å². The van der Waals surface area contributed by atoms with Crippen LogP contribution in [0.4, 0.5) is 0 Å². The number of nitrogens with one attached hydrogen (secondary N) is 1. The van der Waals surface area contributed by atoms with Crippen LogP contribution in [0.25, 0.3) is 4.96 Å². The van der Waals surface area contributed by atoms with Gasteiger partial charge in [0.1, 0.15) is 5.69 Å². The van der Waals surface area contributed by atoms with Gasteiger partial charge in [-0.25, -0.2) is 4.98 Å². The van der Waals surface area contributed by atoms with Crippen LogP contribution < -0.4 is 5.32 Å². The molecule has 2 N–H and O–H groups in total. The van der Waals surface area contributed by atoms with Crippen molar-refractivity contribution in [3.8, 4) is 0 Å². The van der Waals surface area contributed by atoms with Crippen molar-refractivity contribution in [2.24, 2.45) is 0 Å². The summed E-state index contributed by atoms with van der Waals surface area (Å²) in [5.41, 5.74) is 0.406. The number of hydrogen-bond acceptors (Lipinski definition) is 5. The summed E-state index contributed by atoms with van der Waals surface area (Å²) in [5, 5.41) is 11.2. The largest absolute Gasteiger partial charge is 0.394 e. The van der Waals surface area contributed by atoms with E-state index in [9.17, 15) is 4.79 Å². The molecule has 0 atom stereocenters. The Kier molecular flexibility index (Phi) is 4.29. The number of carbonyl (C=O) groups is 1. The van der Waals surface area contributed by atoms with Crippen LogP contribution in [0, 0.1) is 6.92 Å². The van der Waals surface area contributed by atoms with Crippen molar-refractivity contribution >= 4 is 22.2 Å². The number of amides is 1. The maximum atomic E-state index is 11.7. The summed E-state index contributed by atoms with van der Waals surface area (Å²) in [6, 6.07) is 0. The lowest BCUT2D eigenvalue weighted by Crippen LogP contribution is -2.27. The number of ether oxygens (including phenoxy) is 1. The Morgan fingerprint density at radius 2 is 2.39 bits per heavy atom. The Balaban J connectivity index is 1.86. The zero-order valence-corrected chi connectivity index (χ0v) is 10.9. The van der Waals surface area contributed by atoms with Gasteiger partial charge in [0.15, 0.2) is 4.96 Å². The van der Waals surface area contributed by atoms with E-state index in [0.717, 1.165) is 9.84 Å². The van der Waals surface area contributed by atoms with Gasteiger partial charge < -0.3 is 15.2 Å². The van der Waals surface area contributed by atoms with E-state index < -0.39 is 0 Å². The summed E-state index contributed by atoms with van der Waals surface area (Å²) in [6.07, 6.45) is 3.65. The topological polar surface area (TPSA) is 75.9 Å². The van der Waals surface area contributed by atoms with Gasteiger partial charge in [0.2, 0.25) is 0 Å². The SMILES string of the molecule is Cc1cn2cc(C(=O)NCCOCCO)nc2s1. The normalized spacial score (nSPS) is 11.0. The summed E-state index contributed by atoms with van der Waals surface area (Å²) in [6.45, 7) is 3.06. The van der Waals surface area contributed by atoms with Crippen LogP contribution in [-0.4, -0.2) is 46.8 Å². The second-order valence-corrected chi connectivity index (χ2v) is 4.96. The lowest BCUT2D eigenvalue weighted by molar-refractivity contribution is 0.0835. The Morgan fingerprint density at radius 3 is 3.11 bits per heavy atom. The molecule has 0 aliphatic rings. The number of thiazole rings is 1. The quantitative estimate of drug-likeness (QED) is 0.746. The molecule has 2 heterocycles. The molecule has 0 aliphatic heterocycles. The highest BCUT2D eigenvalue weighted by molar-refractivity contribution is 7.17. The molecule has 0 fully saturated rings. The van der Waals surface area contributed by atoms with Crippen molar-refractivity contribution in [1.82, 2.24) is 14.7 Å². The second kappa shape index (κ2) is 5.94. The third-order valence-electron chi connectivity index (χ3n) is 2.27. The molecule has 18 heavy (non-hydrogen) atoms. The smallest absolute Gasteiger partial charge is 0.271 e. The van der Waals surface area contributed by atoms with E-state index in [1.807, 2.05) is 17.5 Å². The highest BCUT2D eigenvalue weighted by atomic mass is 32.1. The zero-order valence-electron chi connectivity index (χ0n) is 10.0. The molecule has 2 rings (SSSR count). The van der Waals surface area contributed by atoms with Gasteiger partial charge in [-0.05, 0) is 6.92 Å². The van der Waals surface area contributed by atoms with E-state index in [0.29, 0.717) is 18.8 Å². The van der Waals surface area contributed by atoms with Crippen LogP contribution in [0.3, 0.4) is 0 Å². The Hall–Kier alpha value is -1.44. The molecule has 0 saturated heterocycles. The van der Waals surface area contributed by atoms with Crippen molar-refractivity contribution in [2.75, 3.05) is 26.4 Å². The van der Waals surface area contributed by atoms with Crippen molar-refractivity contribution in [3.05, 3.63) is 23.0 Å². The number of aliphatic hydroxyl groups excluding tert-OH is 1. The van der Waals surface area contributed by atoms with E-state index >= 15 is 0 Å². The average molecular weight is 269 g/mol. The molecule has 2 aromatic rings. The minimum absolute atomic E-state index is 0.00930. The first-order valence-electron chi connectivity index (χ1n) is 5.62. The molecule has 0 bridgehead atoms. The maximum absolute atomic E-state index is 11.7. The fourth-order valence-electron chi connectivity index (χ4n) is 1.51. The van der Waals surface area contributed by atoms with Gasteiger partial charge in [0, 0.05) is 23.8 Å². The van der Waals surface area contributed by atoms with Gasteiger partial charge in [0.25, 0.3) is 5.91 Å². The van der Waals surface area contributed by atoms with Crippen molar-refractivity contribution in [2.45, 2.75) is 6.92 Å². The van der Waals surface area contributed by atoms with Crippen LogP contribution in [0.2, 0.25) is 0 Å². The molecule has 1 amide bonds. The van der Waals surface area contributed by atoms with Crippen molar-refractivity contribution in [1.29, 1.82) is 0 Å². The number of carbonyl (C=O) groups excluding carboxylic acids is 1. The van der Waals surface area contributed by atoms with Crippen LogP contribution in [-0.2, 0) is 4.74 Å². The molecule has 0 spiro atoms. The number of aromatic nitrogens is 2. The Morgan fingerprint density at radius 1 is 1.56 bits per heavy atom. The highest BCUT2D eigenvalue weighted by Crippen LogP contribution is 2.16. The van der Waals surface area contributed by atoms with E-state index in [2.05, 4.69) is 10.3 Å². The standard InChI is InChI=1S/C11H15N3O3S/c1-8-6-14-7-9(13-11(14)18-8)10(16)12-2-4-17-5-3-15/h6-7,15H,2-5H2,1H3,(H,12,16). The second-order valence-electron chi connectivity index (χ2n) is 3.75. The summed E-state index contributed by atoms with van der Waals surface area (Å²) >= 11 is 1.54. The first-order chi connectivity index (χ1) is 8.70. The number of aryl methyl sites for hydroxylation is 1. The minimum Gasteiger partial charge on any atom is -0.394 e. The van der Waals surface area contributed by atoms with E-state index in [1.54, 1.807) is 17.5 Å². The predicted molar refractivity (Wildman–Crippen MR) is 68.0 cm³/mol. The predicted octanol–water partition coefficient (Wildman–Crippen LogP) is 0.443. The lowest BCUT2D eigenvalue weighted by Gasteiger charge is -2.03. The molecule has 0 radical (unpaired) electrons. The van der Waals surface area contributed by atoms with E-state index in [4.69, 9.17) is 9.84 Å². The number of hydrogen-bond donors (Lipinski definition) is 2. The number of aliphatic hydroxyl groups is 1. The van der Waals surface area contributed by atoms with Crippen LogP contribution in [0.1, 0.15) is 15.4 Å². The minimum atomic E-state index is -0.212. The molecule has 0 aliphatic carbocycles. The van der Waals surface area contributed by atoms with E-state index in [1.165, 1.54) is 0 Å². The van der Waals surface area contributed by atoms with E-state index in [-0.39, 0.29) is 19.1 Å². The number of imidazole rings is 1. The summed E-state index contributed by atoms with van der Waals surface area (Å²) in [4.78, 5) is 17.9. The van der Waals surface area contributed by atoms with Crippen LogP contribution >= 0.6 is 11.3 Å². The third-order valence-corrected chi connectivity index (χ3v) is 3.18. The van der Waals surface area contributed by atoms with Crippen LogP contribution in [0.15, 0.2) is 12.4 Å². The summed E-state index contributed by atoms with van der Waals surface area (Å²) < 4.78 is 6.88. The van der Waals surface area contributed by atoms with Gasteiger partial charge in [-0.3, -0.25) is 9.20 Å². The molecule has 0 unspecified atom stereocenters. The summed E-state index contributed by atoms with van der Waals surface area (Å²) in [7, 11) is 0. The summed E-state index contributed by atoms with van der Waals surface area (Å²) in [5.74, 6) is -0.212. The van der Waals surface area contributed by atoms with Crippen molar-refractivity contribution < 1.29 is 14.6 Å². The first kappa shape index (κ1) is 13.0. The van der Waals surface area contributed by atoms with Gasteiger partial charge in [-0.1, -0.05) is 0 Å². The number of fused-ring (bicyclic) bond motifs is 1. The lowest BCUT2D eigenvalue weighted by atomic mass is 10.4. The van der Waals surface area contributed by atoms with Gasteiger partial charge >= 0.3 is 0 Å². The monoisotopic (exact) mass is 269 g/mol. The molecule has 2 aromatic heterocycles. The Bertz CT molecular complexity index is 503. The molecule has 0 aromatic carbocycles. The maximum Gasteiger partial charge on any atom is 0.271 e. The van der Waals surface area contributed by atoms with Crippen molar-refractivity contribution in [3.63, 3.8) is 0 Å². The molecular formula is C11H15N3O3S.